The Hall–Kier alpha value is -2.34. The molecule has 0 aliphatic heterocycles. The molecule has 0 radical (unpaired) electrons. The highest BCUT2D eigenvalue weighted by atomic mass is 32.1. The zero-order valence-corrected chi connectivity index (χ0v) is 12.7. The molecule has 1 aromatic heterocycles. The Labute approximate surface area is 126 Å². The highest BCUT2D eigenvalue weighted by molar-refractivity contribution is 7.16. The summed E-state index contributed by atoms with van der Waals surface area (Å²) in [6.07, 6.45) is 0. The first-order valence-corrected chi connectivity index (χ1v) is 7.01. The van der Waals surface area contributed by atoms with Gasteiger partial charge in [-0.2, -0.15) is 0 Å². The molecule has 21 heavy (non-hydrogen) atoms. The molecule has 0 bridgehead atoms. The molecule has 0 aliphatic rings. The van der Waals surface area contributed by atoms with Crippen LogP contribution >= 0.6 is 11.3 Å². The summed E-state index contributed by atoms with van der Waals surface area (Å²) >= 11 is 1.33. The summed E-state index contributed by atoms with van der Waals surface area (Å²) < 4.78 is 9.75. The monoisotopic (exact) mass is 305 g/mol. The van der Waals surface area contributed by atoms with E-state index in [2.05, 4.69) is 5.32 Å². The quantitative estimate of drug-likeness (QED) is 0.882. The van der Waals surface area contributed by atoms with E-state index in [9.17, 15) is 9.59 Å². The summed E-state index contributed by atoms with van der Waals surface area (Å²) in [6.45, 7) is 1.86. The van der Waals surface area contributed by atoms with Crippen molar-refractivity contribution in [2.45, 2.75) is 6.92 Å². The fraction of sp³-hybridized carbons (Fsp3) is 0.200. The van der Waals surface area contributed by atoms with E-state index in [0.29, 0.717) is 21.9 Å². The van der Waals surface area contributed by atoms with Gasteiger partial charge in [0.15, 0.2) is 0 Å². The van der Waals surface area contributed by atoms with Gasteiger partial charge in [-0.05, 0) is 37.3 Å². The molecule has 0 aliphatic carbocycles. The number of esters is 1. The van der Waals surface area contributed by atoms with Gasteiger partial charge in [0.25, 0.3) is 5.91 Å². The van der Waals surface area contributed by atoms with E-state index >= 15 is 0 Å². The number of anilines is 1. The molecule has 0 fully saturated rings. The van der Waals surface area contributed by atoms with E-state index in [-0.39, 0.29) is 5.91 Å². The number of ether oxygens (including phenoxy) is 2. The minimum atomic E-state index is -0.468. The minimum absolute atomic E-state index is 0.287. The molecule has 1 amide bonds. The Bertz CT molecular complexity index is 661. The molecule has 0 saturated carbocycles. The SMILES string of the molecule is COC(=O)c1cc(C)sc1NC(=O)c1ccc(OC)cc1. The number of thiophene rings is 1. The van der Waals surface area contributed by atoms with Gasteiger partial charge >= 0.3 is 5.97 Å². The van der Waals surface area contributed by atoms with Crippen molar-refractivity contribution in [3.8, 4) is 5.75 Å². The topological polar surface area (TPSA) is 64.6 Å². The van der Waals surface area contributed by atoms with E-state index in [0.717, 1.165) is 4.88 Å². The smallest absolute Gasteiger partial charge is 0.340 e. The van der Waals surface area contributed by atoms with E-state index in [1.165, 1.54) is 18.4 Å². The fourth-order valence-corrected chi connectivity index (χ4v) is 2.68. The van der Waals surface area contributed by atoms with Crippen LogP contribution in [0.1, 0.15) is 25.6 Å². The lowest BCUT2D eigenvalue weighted by Gasteiger charge is -2.06. The summed E-state index contributed by atoms with van der Waals surface area (Å²) in [5.74, 6) is -0.0807. The highest BCUT2D eigenvalue weighted by Crippen LogP contribution is 2.28. The molecular weight excluding hydrogens is 290 g/mol. The Balaban J connectivity index is 2.20. The molecule has 0 atom stereocenters. The van der Waals surface area contributed by atoms with Gasteiger partial charge in [0.05, 0.1) is 19.8 Å². The third-order valence-corrected chi connectivity index (χ3v) is 3.81. The predicted octanol–water partition coefficient (Wildman–Crippen LogP) is 3.10. The number of carbonyl (C=O) groups excluding carboxylic acids is 2. The van der Waals surface area contributed by atoms with Gasteiger partial charge in [-0.3, -0.25) is 4.79 Å². The minimum Gasteiger partial charge on any atom is -0.497 e. The Morgan fingerprint density at radius 1 is 1.14 bits per heavy atom. The average molecular weight is 305 g/mol. The van der Waals surface area contributed by atoms with E-state index in [4.69, 9.17) is 9.47 Å². The second kappa shape index (κ2) is 6.41. The second-order valence-corrected chi connectivity index (χ2v) is 5.53. The van der Waals surface area contributed by atoms with Crippen LogP contribution in [0.5, 0.6) is 5.75 Å². The summed E-state index contributed by atoms with van der Waals surface area (Å²) in [5, 5.41) is 3.22. The van der Waals surface area contributed by atoms with Crippen molar-refractivity contribution in [1.29, 1.82) is 0 Å². The van der Waals surface area contributed by atoms with Crippen molar-refractivity contribution in [3.05, 3.63) is 46.3 Å². The van der Waals surface area contributed by atoms with Crippen LogP contribution in [0.2, 0.25) is 0 Å². The number of nitrogens with one attached hydrogen (secondary N) is 1. The van der Waals surface area contributed by atoms with Crippen molar-refractivity contribution in [1.82, 2.24) is 0 Å². The average Bonchev–Trinajstić information content (AvgIpc) is 2.87. The molecule has 0 saturated heterocycles. The van der Waals surface area contributed by atoms with E-state index in [1.807, 2.05) is 6.92 Å². The number of amides is 1. The third-order valence-electron chi connectivity index (χ3n) is 2.84. The Morgan fingerprint density at radius 3 is 2.38 bits per heavy atom. The lowest BCUT2D eigenvalue weighted by atomic mass is 10.2. The molecule has 2 rings (SSSR count). The Morgan fingerprint density at radius 2 is 1.81 bits per heavy atom. The van der Waals surface area contributed by atoms with E-state index in [1.54, 1.807) is 37.4 Å². The maximum absolute atomic E-state index is 12.2. The van der Waals surface area contributed by atoms with Gasteiger partial charge in [-0.15, -0.1) is 11.3 Å². The molecule has 1 heterocycles. The lowest BCUT2D eigenvalue weighted by Crippen LogP contribution is -2.13. The Kier molecular flexibility index (Phi) is 4.59. The summed E-state index contributed by atoms with van der Waals surface area (Å²) in [7, 11) is 2.87. The van der Waals surface area contributed by atoms with Gasteiger partial charge in [0.1, 0.15) is 10.8 Å². The molecular formula is C15H15NO4S. The van der Waals surface area contributed by atoms with Crippen LogP contribution in [0.3, 0.4) is 0 Å². The standard InChI is InChI=1S/C15H15NO4S/c1-9-8-12(15(18)20-3)14(21-9)16-13(17)10-4-6-11(19-2)7-5-10/h4-8H,1-3H3,(H,16,17). The van der Waals surface area contributed by atoms with Crippen LogP contribution in [0.25, 0.3) is 0 Å². The zero-order chi connectivity index (χ0) is 15.4. The van der Waals surface area contributed by atoms with Crippen molar-refractivity contribution < 1.29 is 19.1 Å². The van der Waals surface area contributed by atoms with Crippen molar-refractivity contribution >= 4 is 28.2 Å². The van der Waals surface area contributed by atoms with Crippen molar-refractivity contribution in [3.63, 3.8) is 0 Å². The highest BCUT2D eigenvalue weighted by Gasteiger charge is 2.17. The fourth-order valence-electron chi connectivity index (χ4n) is 1.79. The van der Waals surface area contributed by atoms with E-state index < -0.39 is 5.97 Å². The first-order chi connectivity index (χ1) is 10.0. The van der Waals surface area contributed by atoms with Gasteiger partial charge < -0.3 is 14.8 Å². The maximum Gasteiger partial charge on any atom is 0.340 e. The van der Waals surface area contributed by atoms with Crippen LogP contribution in [-0.4, -0.2) is 26.1 Å². The van der Waals surface area contributed by atoms with Gasteiger partial charge in [-0.1, -0.05) is 0 Å². The molecule has 5 nitrogen and oxygen atoms in total. The number of rotatable bonds is 4. The van der Waals surface area contributed by atoms with Crippen LogP contribution < -0.4 is 10.1 Å². The molecule has 110 valence electrons. The normalized spacial score (nSPS) is 10.0. The summed E-state index contributed by atoms with van der Waals surface area (Å²) in [5.41, 5.74) is 0.847. The van der Waals surface area contributed by atoms with Crippen molar-refractivity contribution in [2.75, 3.05) is 19.5 Å². The number of hydrogen-bond donors (Lipinski definition) is 1. The van der Waals surface area contributed by atoms with Crippen LogP contribution in [-0.2, 0) is 4.74 Å². The molecule has 6 heteroatoms. The lowest BCUT2D eigenvalue weighted by molar-refractivity contribution is 0.0602. The number of aryl methyl sites for hydroxylation is 1. The van der Waals surface area contributed by atoms with Crippen molar-refractivity contribution in [2.24, 2.45) is 0 Å². The first-order valence-electron chi connectivity index (χ1n) is 6.19. The third kappa shape index (κ3) is 3.41. The molecule has 2 aromatic rings. The molecule has 1 aromatic carbocycles. The second-order valence-electron chi connectivity index (χ2n) is 4.27. The zero-order valence-electron chi connectivity index (χ0n) is 11.9. The van der Waals surface area contributed by atoms with Crippen LogP contribution in [0.15, 0.2) is 30.3 Å². The van der Waals surface area contributed by atoms with Crippen LogP contribution in [0, 0.1) is 6.92 Å². The van der Waals surface area contributed by atoms with Gasteiger partial charge in [0.2, 0.25) is 0 Å². The van der Waals surface area contributed by atoms with Crippen LogP contribution in [0.4, 0.5) is 5.00 Å². The first kappa shape index (κ1) is 15.1. The van der Waals surface area contributed by atoms with Gasteiger partial charge in [-0.25, -0.2) is 4.79 Å². The largest absolute Gasteiger partial charge is 0.497 e. The summed E-state index contributed by atoms with van der Waals surface area (Å²) in [4.78, 5) is 24.8. The number of methoxy groups -OCH3 is 2. The molecule has 0 unspecified atom stereocenters. The predicted molar refractivity (Wildman–Crippen MR) is 81.3 cm³/mol. The molecule has 1 N–H and O–H groups in total. The number of benzene rings is 1. The number of hydrogen-bond acceptors (Lipinski definition) is 5. The summed E-state index contributed by atoms with van der Waals surface area (Å²) in [6, 6.07) is 8.42. The molecule has 0 spiro atoms. The maximum atomic E-state index is 12.2. The number of carbonyl (C=O) groups is 2. The van der Waals surface area contributed by atoms with Gasteiger partial charge in [0, 0.05) is 10.4 Å².